The van der Waals surface area contributed by atoms with Gasteiger partial charge in [0.1, 0.15) is 12.4 Å². The number of benzene rings is 2. The fourth-order valence-electron chi connectivity index (χ4n) is 3.12. The van der Waals surface area contributed by atoms with Crippen LogP contribution in [-0.4, -0.2) is 44.5 Å². The third-order valence-corrected chi connectivity index (χ3v) is 5.85. The van der Waals surface area contributed by atoms with Gasteiger partial charge < -0.3 is 18.9 Å². The van der Waals surface area contributed by atoms with E-state index in [4.69, 9.17) is 18.9 Å². The van der Waals surface area contributed by atoms with E-state index in [9.17, 15) is 14.4 Å². The summed E-state index contributed by atoms with van der Waals surface area (Å²) in [5.74, 6) is -0.882. The zero-order valence-corrected chi connectivity index (χ0v) is 19.0. The Balaban J connectivity index is 1.70. The summed E-state index contributed by atoms with van der Waals surface area (Å²) in [5, 5.41) is 1.22. The van der Waals surface area contributed by atoms with Crippen LogP contribution in [-0.2, 0) is 23.8 Å². The third-order valence-electron chi connectivity index (χ3n) is 4.67. The molecule has 0 radical (unpaired) electrons. The van der Waals surface area contributed by atoms with E-state index >= 15 is 0 Å². The standard InChI is InChI=1S/C25H24O7S/c1-4-12-29-13-17(32-21(26)5-2)14-31-22(27)15-30-19-11-10-16(3)23-24(28)18-8-6-7-9-20(18)33-25(19)23/h4-11,17H,1-2,12-15H2,3H3. The van der Waals surface area contributed by atoms with Gasteiger partial charge in [0.15, 0.2) is 18.1 Å². The van der Waals surface area contributed by atoms with Gasteiger partial charge in [0, 0.05) is 21.5 Å². The monoisotopic (exact) mass is 468 g/mol. The summed E-state index contributed by atoms with van der Waals surface area (Å²) in [6.07, 6.45) is 1.77. The Hall–Kier alpha value is -3.49. The van der Waals surface area contributed by atoms with Crippen molar-refractivity contribution in [2.24, 2.45) is 0 Å². The van der Waals surface area contributed by atoms with Crippen LogP contribution >= 0.6 is 11.3 Å². The summed E-state index contributed by atoms with van der Waals surface area (Å²) < 4.78 is 22.8. The van der Waals surface area contributed by atoms with Gasteiger partial charge in [-0.2, -0.15) is 0 Å². The van der Waals surface area contributed by atoms with Gasteiger partial charge >= 0.3 is 11.9 Å². The number of fused-ring (bicyclic) bond motifs is 2. The molecule has 3 aromatic rings. The maximum absolute atomic E-state index is 13.0. The van der Waals surface area contributed by atoms with Gasteiger partial charge in [-0.25, -0.2) is 9.59 Å². The minimum atomic E-state index is -0.795. The molecule has 0 saturated heterocycles. The van der Waals surface area contributed by atoms with Crippen LogP contribution in [0.25, 0.3) is 20.2 Å². The summed E-state index contributed by atoms with van der Waals surface area (Å²) >= 11 is 1.43. The van der Waals surface area contributed by atoms with Crippen molar-refractivity contribution in [3.05, 3.63) is 77.5 Å². The highest BCUT2D eigenvalue weighted by Gasteiger charge is 2.18. The predicted octanol–water partition coefficient (Wildman–Crippen LogP) is 3.95. The molecule has 1 unspecified atom stereocenters. The molecule has 2 aromatic carbocycles. The van der Waals surface area contributed by atoms with Crippen LogP contribution in [0.15, 0.2) is 66.5 Å². The maximum Gasteiger partial charge on any atom is 0.344 e. The second-order valence-corrected chi connectivity index (χ2v) is 8.13. The van der Waals surface area contributed by atoms with E-state index in [1.807, 2.05) is 25.1 Å². The van der Waals surface area contributed by atoms with Crippen molar-refractivity contribution in [2.45, 2.75) is 13.0 Å². The first-order chi connectivity index (χ1) is 15.9. The van der Waals surface area contributed by atoms with Gasteiger partial charge in [-0.3, -0.25) is 4.79 Å². The smallest absolute Gasteiger partial charge is 0.344 e. The average molecular weight is 469 g/mol. The Bertz CT molecular complexity index is 1240. The zero-order valence-electron chi connectivity index (χ0n) is 18.2. The molecule has 7 nitrogen and oxygen atoms in total. The number of ether oxygens (including phenoxy) is 4. The molecular formula is C25H24O7S. The Morgan fingerprint density at radius 3 is 2.67 bits per heavy atom. The minimum absolute atomic E-state index is 0.0311. The SMILES string of the molecule is C=CCOCC(COC(=O)COc1ccc(C)c2c(=O)c3ccccc3sc12)OC(=O)C=C. The van der Waals surface area contributed by atoms with E-state index in [0.717, 1.165) is 16.3 Å². The molecule has 1 atom stereocenters. The fraction of sp³-hybridized carbons (Fsp3) is 0.240. The van der Waals surface area contributed by atoms with E-state index in [0.29, 0.717) is 21.2 Å². The summed E-state index contributed by atoms with van der Waals surface area (Å²) in [6, 6.07) is 10.9. The molecule has 8 heteroatoms. The number of rotatable bonds is 11. The Morgan fingerprint density at radius 1 is 1.12 bits per heavy atom. The van der Waals surface area contributed by atoms with E-state index in [2.05, 4.69) is 13.2 Å². The van der Waals surface area contributed by atoms with Crippen LogP contribution in [0.5, 0.6) is 5.75 Å². The molecule has 0 fully saturated rings. The van der Waals surface area contributed by atoms with Gasteiger partial charge in [-0.05, 0) is 30.7 Å². The normalized spacial score (nSPS) is 11.7. The number of esters is 2. The highest BCUT2D eigenvalue weighted by molar-refractivity contribution is 7.24. The van der Waals surface area contributed by atoms with Gasteiger partial charge in [-0.1, -0.05) is 30.9 Å². The Morgan fingerprint density at radius 2 is 1.91 bits per heavy atom. The first-order valence-corrected chi connectivity index (χ1v) is 11.0. The zero-order chi connectivity index (χ0) is 23.8. The molecule has 0 saturated carbocycles. The van der Waals surface area contributed by atoms with Crippen molar-refractivity contribution in [3.8, 4) is 5.75 Å². The highest BCUT2D eigenvalue weighted by Crippen LogP contribution is 2.33. The van der Waals surface area contributed by atoms with Crippen LogP contribution in [0.3, 0.4) is 0 Å². The molecule has 0 aliphatic heterocycles. The molecule has 0 aliphatic rings. The lowest BCUT2D eigenvalue weighted by atomic mass is 10.1. The van der Waals surface area contributed by atoms with Crippen molar-refractivity contribution in [1.29, 1.82) is 0 Å². The highest BCUT2D eigenvalue weighted by atomic mass is 32.1. The lowest BCUT2D eigenvalue weighted by Gasteiger charge is -2.17. The van der Waals surface area contributed by atoms with Gasteiger partial charge in [0.05, 0.1) is 17.9 Å². The first kappa shape index (κ1) is 24.2. The molecule has 33 heavy (non-hydrogen) atoms. The molecule has 0 amide bonds. The number of hydrogen-bond acceptors (Lipinski definition) is 8. The predicted molar refractivity (Wildman–Crippen MR) is 128 cm³/mol. The van der Waals surface area contributed by atoms with Gasteiger partial charge in [-0.15, -0.1) is 17.9 Å². The number of carbonyl (C=O) groups excluding carboxylic acids is 2. The van der Waals surface area contributed by atoms with Crippen molar-refractivity contribution >= 4 is 43.4 Å². The second-order valence-electron chi connectivity index (χ2n) is 7.07. The van der Waals surface area contributed by atoms with Crippen LogP contribution in [0.2, 0.25) is 0 Å². The molecule has 0 N–H and O–H groups in total. The van der Waals surface area contributed by atoms with E-state index in [-0.39, 0.29) is 31.9 Å². The number of hydrogen-bond donors (Lipinski definition) is 0. The molecule has 3 rings (SSSR count). The second kappa shape index (κ2) is 11.4. The third kappa shape index (κ3) is 6.06. The van der Waals surface area contributed by atoms with Crippen LogP contribution in [0.4, 0.5) is 0 Å². The molecule has 1 aromatic heterocycles. The summed E-state index contributed by atoms with van der Waals surface area (Å²) in [6.45, 7) is 8.46. The number of carbonyl (C=O) groups is 2. The summed E-state index contributed by atoms with van der Waals surface area (Å²) in [4.78, 5) is 36.7. The number of aryl methyl sites for hydroxylation is 1. The molecule has 1 heterocycles. The average Bonchev–Trinajstić information content (AvgIpc) is 2.82. The quantitative estimate of drug-likeness (QED) is 0.138. The lowest BCUT2D eigenvalue weighted by molar-refractivity contribution is -0.159. The fourth-order valence-corrected chi connectivity index (χ4v) is 4.34. The van der Waals surface area contributed by atoms with Gasteiger partial charge in [0.2, 0.25) is 0 Å². The van der Waals surface area contributed by atoms with E-state index < -0.39 is 18.0 Å². The Labute approximate surface area is 194 Å². The molecule has 0 aliphatic carbocycles. The molecule has 0 bridgehead atoms. The van der Waals surface area contributed by atoms with E-state index in [1.54, 1.807) is 24.3 Å². The van der Waals surface area contributed by atoms with Crippen LogP contribution in [0.1, 0.15) is 5.56 Å². The van der Waals surface area contributed by atoms with E-state index in [1.165, 1.54) is 11.3 Å². The van der Waals surface area contributed by atoms with Crippen LogP contribution in [0, 0.1) is 6.92 Å². The topological polar surface area (TPSA) is 88.1 Å². The maximum atomic E-state index is 13.0. The van der Waals surface area contributed by atoms with Crippen molar-refractivity contribution in [2.75, 3.05) is 26.4 Å². The Kier molecular flexibility index (Phi) is 8.34. The molecule has 172 valence electrons. The van der Waals surface area contributed by atoms with Crippen molar-refractivity contribution in [1.82, 2.24) is 0 Å². The molecule has 0 spiro atoms. The van der Waals surface area contributed by atoms with Crippen molar-refractivity contribution < 1.29 is 28.5 Å². The largest absolute Gasteiger partial charge is 0.480 e. The van der Waals surface area contributed by atoms with Crippen LogP contribution < -0.4 is 10.2 Å². The van der Waals surface area contributed by atoms with Crippen molar-refractivity contribution in [3.63, 3.8) is 0 Å². The van der Waals surface area contributed by atoms with Gasteiger partial charge in [0.25, 0.3) is 0 Å². The lowest BCUT2D eigenvalue weighted by Crippen LogP contribution is -2.30. The first-order valence-electron chi connectivity index (χ1n) is 10.2. The molecular weight excluding hydrogens is 444 g/mol. The summed E-state index contributed by atoms with van der Waals surface area (Å²) in [5.41, 5.74) is 0.759. The minimum Gasteiger partial charge on any atom is -0.480 e. The summed E-state index contributed by atoms with van der Waals surface area (Å²) in [7, 11) is 0.